The van der Waals surface area contributed by atoms with Crippen molar-refractivity contribution in [2.75, 3.05) is 7.05 Å². The molecule has 2 rings (SSSR count). The van der Waals surface area contributed by atoms with Crippen LogP contribution in [0.25, 0.3) is 0 Å². The molecule has 0 aromatic carbocycles. The normalized spacial score (nSPS) is 18.3. The molecular formula is C12H20N2O2. The lowest BCUT2D eigenvalue weighted by Crippen LogP contribution is -2.15. The fourth-order valence-corrected chi connectivity index (χ4v) is 2.11. The predicted molar refractivity (Wildman–Crippen MR) is 61.4 cm³/mol. The molecule has 90 valence electrons. The maximum Gasteiger partial charge on any atom is 0.394 e. The second kappa shape index (κ2) is 5.89. The molecule has 0 atom stereocenters. The van der Waals surface area contributed by atoms with Gasteiger partial charge in [0.15, 0.2) is 0 Å². The first-order valence-corrected chi connectivity index (χ1v) is 6.14. The molecule has 1 aliphatic carbocycles. The molecule has 0 amide bonds. The number of hydrogen-bond donors (Lipinski definition) is 1. The SMILES string of the molecule is CNCc1coc(OC2CCCCCC2)n1. The van der Waals surface area contributed by atoms with Crippen molar-refractivity contribution < 1.29 is 9.15 Å². The van der Waals surface area contributed by atoms with Gasteiger partial charge in [-0.2, -0.15) is 4.98 Å². The van der Waals surface area contributed by atoms with E-state index < -0.39 is 0 Å². The van der Waals surface area contributed by atoms with Crippen LogP contribution in [0.1, 0.15) is 44.2 Å². The van der Waals surface area contributed by atoms with Crippen molar-refractivity contribution in [1.29, 1.82) is 0 Å². The van der Waals surface area contributed by atoms with Crippen molar-refractivity contribution in [3.05, 3.63) is 12.0 Å². The van der Waals surface area contributed by atoms with Gasteiger partial charge in [0.25, 0.3) is 0 Å². The Hall–Kier alpha value is -1.03. The van der Waals surface area contributed by atoms with Crippen LogP contribution >= 0.6 is 0 Å². The van der Waals surface area contributed by atoms with Crippen LogP contribution in [-0.2, 0) is 6.54 Å². The Balaban J connectivity index is 1.86. The summed E-state index contributed by atoms with van der Waals surface area (Å²) in [5, 5.41) is 3.03. The molecular weight excluding hydrogens is 204 g/mol. The standard InChI is InChI=1S/C12H20N2O2/c1-13-8-10-9-15-12(14-10)16-11-6-4-2-3-5-7-11/h9,11,13H,2-8H2,1H3. The molecule has 1 heterocycles. The van der Waals surface area contributed by atoms with E-state index >= 15 is 0 Å². The summed E-state index contributed by atoms with van der Waals surface area (Å²) in [7, 11) is 1.89. The average molecular weight is 224 g/mol. The molecule has 1 aromatic heterocycles. The van der Waals surface area contributed by atoms with Gasteiger partial charge in [-0.15, -0.1) is 0 Å². The van der Waals surface area contributed by atoms with E-state index in [0.717, 1.165) is 25.1 Å². The fraction of sp³-hybridized carbons (Fsp3) is 0.750. The Bertz CT molecular complexity index is 304. The Morgan fingerprint density at radius 1 is 1.38 bits per heavy atom. The highest BCUT2D eigenvalue weighted by Gasteiger charge is 2.16. The smallest absolute Gasteiger partial charge is 0.394 e. The highest BCUT2D eigenvalue weighted by Crippen LogP contribution is 2.22. The van der Waals surface area contributed by atoms with Crippen molar-refractivity contribution in [2.45, 2.75) is 51.2 Å². The van der Waals surface area contributed by atoms with E-state index in [1.165, 1.54) is 25.7 Å². The molecule has 0 spiro atoms. The zero-order chi connectivity index (χ0) is 11.2. The minimum absolute atomic E-state index is 0.295. The number of rotatable bonds is 4. The van der Waals surface area contributed by atoms with E-state index in [9.17, 15) is 0 Å². The molecule has 0 radical (unpaired) electrons. The summed E-state index contributed by atoms with van der Waals surface area (Å²) in [4.78, 5) is 4.27. The molecule has 0 aliphatic heterocycles. The van der Waals surface area contributed by atoms with E-state index in [2.05, 4.69) is 10.3 Å². The minimum Gasteiger partial charge on any atom is -0.447 e. The van der Waals surface area contributed by atoms with Gasteiger partial charge in [0.05, 0.1) is 5.69 Å². The van der Waals surface area contributed by atoms with Gasteiger partial charge in [0.2, 0.25) is 0 Å². The third-order valence-electron chi connectivity index (χ3n) is 2.96. The predicted octanol–water partition coefficient (Wildman–Crippen LogP) is 2.50. The van der Waals surface area contributed by atoms with Crippen LogP contribution in [0.3, 0.4) is 0 Å². The van der Waals surface area contributed by atoms with E-state index in [-0.39, 0.29) is 0 Å². The molecule has 4 nitrogen and oxygen atoms in total. The molecule has 4 heteroatoms. The summed E-state index contributed by atoms with van der Waals surface area (Å²) in [5.74, 6) is 0. The van der Waals surface area contributed by atoms with Crippen LogP contribution in [0.2, 0.25) is 0 Å². The van der Waals surface area contributed by atoms with Crippen molar-refractivity contribution in [3.8, 4) is 6.08 Å². The monoisotopic (exact) mass is 224 g/mol. The Morgan fingerprint density at radius 2 is 2.12 bits per heavy atom. The van der Waals surface area contributed by atoms with Gasteiger partial charge in [0.1, 0.15) is 12.4 Å². The molecule has 1 aliphatic rings. The molecule has 16 heavy (non-hydrogen) atoms. The summed E-state index contributed by atoms with van der Waals surface area (Å²) >= 11 is 0. The number of oxazole rings is 1. The lowest BCUT2D eigenvalue weighted by Gasteiger charge is -2.12. The quantitative estimate of drug-likeness (QED) is 0.798. The summed E-state index contributed by atoms with van der Waals surface area (Å²) in [6, 6.07) is 0. The van der Waals surface area contributed by atoms with E-state index in [0.29, 0.717) is 12.2 Å². The highest BCUT2D eigenvalue weighted by atomic mass is 16.6. The largest absolute Gasteiger partial charge is 0.447 e. The van der Waals surface area contributed by atoms with Crippen LogP contribution < -0.4 is 10.1 Å². The Morgan fingerprint density at radius 3 is 2.81 bits per heavy atom. The third kappa shape index (κ3) is 3.23. The first-order valence-electron chi connectivity index (χ1n) is 6.14. The van der Waals surface area contributed by atoms with Gasteiger partial charge < -0.3 is 14.5 Å². The minimum atomic E-state index is 0.295. The van der Waals surface area contributed by atoms with Gasteiger partial charge in [0, 0.05) is 6.54 Å². The van der Waals surface area contributed by atoms with E-state index in [4.69, 9.17) is 9.15 Å². The van der Waals surface area contributed by atoms with Crippen LogP contribution in [0, 0.1) is 0 Å². The van der Waals surface area contributed by atoms with Gasteiger partial charge in [-0.1, -0.05) is 12.8 Å². The number of aromatic nitrogens is 1. The van der Waals surface area contributed by atoms with Crippen LogP contribution in [0.4, 0.5) is 0 Å². The molecule has 1 fully saturated rings. The van der Waals surface area contributed by atoms with Crippen molar-refractivity contribution >= 4 is 0 Å². The Labute approximate surface area is 96.4 Å². The zero-order valence-corrected chi connectivity index (χ0v) is 9.87. The second-order valence-electron chi connectivity index (χ2n) is 4.37. The third-order valence-corrected chi connectivity index (χ3v) is 2.96. The maximum absolute atomic E-state index is 5.76. The van der Waals surface area contributed by atoms with Gasteiger partial charge in [-0.25, -0.2) is 0 Å². The van der Waals surface area contributed by atoms with Crippen molar-refractivity contribution in [1.82, 2.24) is 10.3 Å². The first-order chi connectivity index (χ1) is 7.88. The highest BCUT2D eigenvalue weighted by molar-refractivity contribution is 4.99. The topological polar surface area (TPSA) is 47.3 Å². The zero-order valence-electron chi connectivity index (χ0n) is 9.87. The van der Waals surface area contributed by atoms with Crippen molar-refractivity contribution in [2.24, 2.45) is 0 Å². The van der Waals surface area contributed by atoms with Crippen LogP contribution in [0.15, 0.2) is 10.7 Å². The fourth-order valence-electron chi connectivity index (χ4n) is 2.11. The van der Waals surface area contributed by atoms with Gasteiger partial charge in [-0.05, 0) is 32.7 Å². The first kappa shape index (κ1) is 11.5. The number of nitrogens with zero attached hydrogens (tertiary/aromatic N) is 1. The lowest BCUT2D eigenvalue weighted by molar-refractivity contribution is 0.133. The molecule has 1 aromatic rings. The van der Waals surface area contributed by atoms with Crippen LogP contribution in [0.5, 0.6) is 6.08 Å². The molecule has 1 N–H and O–H groups in total. The molecule has 0 saturated heterocycles. The van der Waals surface area contributed by atoms with Gasteiger partial charge in [-0.3, -0.25) is 0 Å². The summed E-state index contributed by atoms with van der Waals surface area (Å²) in [6.07, 6.45) is 9.81. The van der Waals surface area contributed by atoms with E-state index in [1.807, 2.05) is 7.05 Å². The number of hydrogen-bond acceptors (Lipinski definition) is 4. The molecule has 0 unspecified atom stereocenters. The van der Waals surface area contributed by atoms with E-state index in [1.54, 1.807) is 6.26 Å². The summed E-state index contributed by atoms with van der Waals surface area (Å²) < 4.78 is 11.0. The molecule has 1 saturated carbocycles. The van der Waals surface area contributed by atoms with Gasteiger partial charge >= 0.3 is 6.08 Å². The lowest BCUT2D eigenvalue weighted by atomic mass is 10.2. The second-order valence-corrected chi connectivity index (χ2v) is 4.37. The number of nitrogens with one attached hydrogen (secondary N) is 1. The van der Waals surface area contributed by atoms with Crippen LogP contribution in [-0.4, -0.2) is 18.1 Å². The summed E-state index contributed by atoms with van der Waals surface area (Å²) in [5.41, 5.74) is 0.895. The number of ether oxygens (including phenoxy) is 1. The summed E-state index contributed by atoms with van der Waals surface area (Å²) in [6.45, 7) is 0.720. The average Bonchev–Trinajstić information content (AvgIpc) is 2.56. The Kier molecular flexibility index (Phi) is 4.22. The van der Waals surface area contributed by atoms with Crippen molar-refractivity contribution in [3.63, 3.8) is 0 Å². The molecule has 0 bridgehead atoms. The maximum atomic E-state index is 5.76.